The largest absolute Gasteiger partial charge is 0.423 e. The number of non-ortho nitro benzene ring substituents is 2. The van der Waals surface area contributed by atoms with E-state index in [-0.39, 0.29) is 34.0 Å². The predicted octanol–water partition coefficient (Wildman–Crippen LogP) is 5.85. The quantitative estimate of drug-likeness (QED) is 0.149. The summed E-state index contributed by atoms with van der Waals surface area (Å²) in [6.07, 6.45) is 2.34. The maximum atomic E-state index is 12.8. The summed E-state index contributed by atoms with van der Waals surface area (Å²) < 4.78 is 11.0. The van der Waals surface area contributed by atoms with E-state index < -0.39 is 21.8 Å². The second-order valence-electron chi connectivity index (χ2n) is 7.96. The zero-order valence-corrected chi connectivity index (χ0v) is 19.8. The Balaban J connectivity index is 1.81. The molecule has 0 fully saturated rings. The fourth-order valence-electron chi connectivity index (χ4n) is 3.58. The van der Waals surface area contributed by atoms with Crippen LogP contribution in [0, 0.1) is 20.2 Å². The molecular formula is C26H24N2O8. The molecule has 0 saturated carbocycles. The molecule has 0 aromatic heterocycles. The lowest BCUT2D eigenvalue weighted by Crippen LogP contribution is -2.14. The molecule has 0 atom stereocenters. The molecule has 0 saturated heterocycles. The second kappa shape index (κ2) is 11.7. The van der Waals surface area contributed by atoms with E-state index in [1.54, 1.807) is 0 Å². The zero-order chi connectivity index (χ0) is 26.2. The average molecular weight is 492 g/mol. The predicted molar refractivity (Wildman–Crippen MR) is 131 cm³/mol. The van der Waals surface area contributed by atoms with E-state index in [1.165, 1.54) is 60.7 Å². The number of carbonyl (C=O) groups is 2. The van der Waals surface area contributed by atoms with E-state index in [0.717, 1.165) is 0 Å². The zero-order valence-electron chi connectivity index (χ0n) is 19.8. The van der Waals surface area contributed by atoms with E-state index in [9.17, 15) is 29.8 Å². The van der Waals surface area contributed by atoms with Gasteiger partial charge < -0.3 is 9.47 Å². The number of nitro benzene ring substituents is 2. The van der Waals surface area contributed by atoms with Gasteiger partial charge in [0, 0.05) is 35.4 Å². The van der Waals surface area contributed by atoms with Crippen molar-refractivity contribution in [2.45, 2.75) is 39.5 Å². The molecule has 0 radical (unpaired) electrons. The van der Waals surface area contributed by atoms with Crippen molar-refractivity contribution in [3.63, 3.8) is 0 Å². The minimum atomic E-state index is -0.738. The van der Waals surface area contributed by atoms with Gasteiger partial charge in [-0.05, 0) is 43.2 Å². The van der Waals surface area contributed by atoms with Crippen LogP contribution >= 0.6 is 0 Å². The number of benzene rings is 3. The van der Waals surface area contributed by atoms with Gasteiger partial charge in [0.2, 0.25) is 0 Å². The molecule has 36 heavy (non-hydrogen) atoms. The Morgan fingerprint density at radius 1 is 0.694 bits per heavy atom. The van der Waals surface area contributed by atoms with Crippen LogP contribution in [-0.4, -0.2) is 21.8 Å². The van der Waals surface area contributed by atoms with Crippen LogP contribution in [0.4, 0.5) is 11.4 Å². The molecule has 10 heteroatoms. The van der Waals surface area contributed by atoms with Crippen molar-refractivity contribution in [2.24, 2.45) is 0 Å². The first kappa shape index (κ1) is 26.0. The maximum Gasteiger partial charge on any atom is 0.343 e. The number of esters is 2. The summed E-state index contributed by atoms with van der Waals surface area (Å²) in [5.41, 5.74) is 1.02. The minimum absolute atomic E-state index is 0.0859. The third-order valence-electron chi connectivity index (χ3n) is 5.29. The molecule has 0 amide bonds. The number of ether oxygens (including phenoxy) is 2. The molecule has 0 aliphatic heterocycles. The van der Waals surface area contributed by atoms with Gasteiger partial charge in [0.05, 0.1) is 21.0 Å². The Kier molecular flexibility index (Phi) is 8.45. The summed E-state index contributed by atoms with van der Waals surface area (Å²) in [5, 5.41) is 22.1. The smallest absolute Gasteiger partial charge is 0.343 e. The number of carbonyl (C=O) groups excluding carboxylic acids is 2. The SMILES string of the molecule is CCCc1cc([N+](=O)[O-])ccc1OC(=O)c1cccc(C(=O)Oc2ccc([N+](=O)[O-])cc2CCC)c1. The number of nitrogens with zero attached hydrogens (tertiary/aromatic N) is 2. The fraction of sp³-hybridized carbons (Fsp3) is 0.231. The summed E-state index contributed by atoms with van der Waals surface area (Å²) in [6, 6.07) is 13.8. The highest BCUT2D eigenvalue weighted by molar-refractivity contribution is 5.97. The molecule has 186 valence electrons. The van der Waals surface area contributed by atoms with Gasteiger partial charge in [-0.25, -0.2) is 9.59 Å². The lowest BCUT2D eigenvalue weighted by Gasteiger charge is -2.11. The van der Waals surface area contributed by atoms with Crippen LogP contribution in [0.5, 0.6) is 11.5 Å². The van der Waals surface area contributed by atoms with Crippen LogP contribution in [-0.2, 0) is 12.8 Å². The van der Waals surface area contributed by atoms with Crippen LogP contribution in [0.2, 0.25) is 0 Å². The van der Waals surface area contributed by atoms with Crippen LogP contribution < -0.4 is 9.47 Å². The summed E-state index contributed by atoms with van der Waals surface area (Å²) in [4.78, 5) is 46.7. The number of hydrogen-bond donors (Lipinski definition) is 0. The third-order valence-corrected chi connectivity index (χ3v) is 5.29. The Morgan fingerprint density at radius 3 is 1.47 bits per heavy atom. The lowest BCUT2D eigenvalue weighted by molar-refractivity contribution is -0.385. The second-order valence-corrected chi connectivity index (χ2v) is 7.96. The molecule has 3 aromatic carbocycles. The summed E-state index contributed by atoms with van der Waals surface area (Å²) in [6.45, 7) is 3.80. The first-order valence-corrected chi connectivity index (χ1v) is 11.3. The van der Waals surface area contributed by atoms with Crippen LogP contribution in [0.15, 0.2) is 60.7 Å². The highest BCUT2D eigenvalue weighted by Crippen LogP contribution is 2.28. The maximum absolute atomic E-state index is 12.8. The van der Waals surface area contributed by atoms with E-state index in [2.05, 4.69) is 0 Å². The summed E-state index contributed by atoms with van der Waals surface area (Å²) in [5.74, 6) is -1.07. The molecule has 0 bridgehead atoms. The molecule has 10 nitrogen and oxygen atoms in total. The normalized spacial score (nSPS) is 10.5. The van der Waals surface area contributed by atoms with Crippen molar-refractivity contribution >= 4 is 23.3 Å². The average Bonchev–Trinajstić information content (AvgIpc) is 2.86. The molecule has 0 N–H and O–H groups in total. The van der Waals surface area contributed by atoms with Crippen molar-refractivity contribution in [1.82, 2.24) is 0 Å². The van der Waals surface area contributed by atoms with Crippen molar-refractivity contribution in [1.29, 1.82) is 0 Å². The summed E-state index contributed by atoms with van der Waals surface area (Å²) in [7, 11) is 0. The van der Waals surface area contributed by atoms with Gasteiger partial charge in [-0.3, -0.25) is 20.2 Å². The third kappa shape index (κ3) is 6.29. The van der Waals surface area contributed by atoms with E-state index in [4.69, 9.17) is 9.47 Å². The van der Waals surface area contributed by atoms with Crippen molar-refractivity contribution in [3.8, 4) is 11.5 Å². The molecular weight excluding hydrogens is 468 g/mol. The van der Waals surface area contributed by atoms with Crippen LogP contribution in [0.3, 0.4) is 0 Å². The number of aryl methyl sites for hydroxylation is 2. The fourth-order valence-corrected chi connectivity index (χ4v) is 3.58. The van der Waals surface area contributed by atoms with E-state index >= 15 is 0 Å². The lowest BCUT2D eigenvalue weighted by atomic mass is 10.1. The standard InChI is InChI=1S/C26H24N2O8/c1-3-6-17-15-21(27(31)32)10-12-23(17)35-25(29)19-8-5-9-20(14-19)26(30)36-24-13-11-22(28(33)34)16-18(24)7-4-2/h5,8-16H,3-4,6-7H2,1-2H3. The molecule has 3 aromatic rings. The van der Waals surface area contributed by atoms with Gasteiger partial charge in [0.15, 0.2) is 0 Å². The Hall–Kier alpha value is -4.60. The Labute approximate surface area is 206 Å². The van der Waals surface area contributed by atoms with Gasteiger partial charge in [-0.2, -0.15) is 0 Å². The first-order chi connectivity index (χ1) is 17.2. The molecule has 3 rings (SSSR count). The van der Waals surface area contributed by atoms with Crippen molar-refractivity contribution < 1.29 is 28.9 Å². The van der Waals surface area contributed by atoms with Gasteiger partial charge in [-0.1, -0.05) is 32.8 Å². The highest BCUT2D eigenvalue weighted by Gasteiger charge is 2.19. The number of nitro groups is 2. The Bertz CT molecular complexity index is 1220. The molecule has 0 unspecified atom stereocenters. The number of rotatable bonds is 10. The topological polar surface area (TPSA) is 139 Å². The van der Waals surface area contributed by atoms with E-state index in [0.29, 0.717) is 36.8 Å². The van der Waals surface area contributed by atoms with Gasteiger partial charge >= 0.3 is 11.9 Å². The first-order valence-electron chi connectivity index (χ1n) is 11.3. The molecule has 0 spiro atoms. The van der Waals surface area contributed by atoms with Gasteiger partial charge in [0.25, 0.3) is 11.4 Å². The highest BCUT2D eigenvalue weighted by atomic mass is 16.6. The molecule has 0 heterocycles. The summed E-state index contributed by atoms with van der Waals surface area (Å²) >= 11 is 0. The monoisotopic (exact) mass is 492 g/mol. The minimum Gasteiger partial charge on any atom is -0.423 e. The van der Waals surface area contributed by atoms with Crippen molar-refractivity contribution in [2.75, 3.05) is 0 Å². The number of hydrogen-bond acceptors (Lipinski definition) is 8. The van der Waals surface area contributed by atoms with Crippen LogP contribution in [0.25, 0.3) is 0 Å². The molecule has 0 aliphatic rings. The van der Waals surface area contributed by atoms with Gasteiger partial charge in [-0.15, -0.1) is 0 Å². The van der Waals surface area contributed by atoms with Crippen molar-refractivity contribution in [3.05, 3.63) is 103 Å². The Morgan fingerprint density at radius 2 is 1.11 bits per heavy atom. The van der Waals surface area contributed by atoms with Crippen LogP contribution in [0.1, 0.15) is 58.5 Å². The van der Waals surface area contributed by atoms with E-state index in [1.807, 2.05) is 13.8 Å². The van der Waals surface area contributed by atoms with Gasteiger partial charge in [0.1, 0.15) is 11.5 Å². The molecule has 0 aliphatic carbocycles.